The van der Waals surface area contributed by atoms with E-state index in [2.05, 4.69) is 22.5 Å². The van der Waals surface area contributed by atoms with Crippen LogP contribution in [0.5, 0.6) is 0 Å². The molecular formula is C21H25N3O2S2. The average Bonchev–Trinajstić information content (AvgIpc) is 3.13. The predicted molar refractivity (Wildman–Crippen MR) is 114 cm³/mol. The van der Waals surface area contributed by atoms with Crippen molar-refractivity contribution < 1.29 is 9.59 Å². The molecule has 0 spiro atoms. The number of benzene rings is 1. The van der Waals surface area contributed by atoms with Crippen LogP contribution in [-0.4, -0.2) is 41.9 Å². The number of rotatable bonds is 5. The van der Waals surface area contributed by atoms with Crippen molar-refractivity contribution in [2.45, 2.75) is 48.6 Å². The fraction of sp³-hybridized carbons (Fsp3) is 0.429. The Balaban J connectivity index is 1.40. The molecule has 0 unspecified atom stereocenters. The number of hydrogen-bond acceptors (Lipinski definition) is 5. The first kappa shape index (κ1) is 19.5. The number of amides is 2. The SMILES string of the molecule is CC(=O)Nc1cccc(Sc2csc(C(=O)N[C@@H]3C4CCN(CC4)[C@H]3C)c2)c1. The maximum Gasteiger partial charge on any atom is 0.261 e. The number of carbonyl (C=O) groups is 2. The van der Waals surface area contributed by atoms with Gasteiger partial charge in [-0.2, -0.15) is 0 Å². The van der Waals surface area contributed by atoms with E-state index in [0.29, 0.717) is 12.0 Å². The van der Waals surface area contributed by atoms with E-state index < -0.39 is 0 Å². The van der Waals surface area contributed by atoms with Crippen LogP contribution in [0.4, 0.5) is 5.69 Å². The number of thiophene rings is 1. The smallest absolute Gasteiger partial charge is 0.261 e. The highest BCUT2D eigenvalue weighted by Gasteiger charge is 2.40. The van der Waals surface area contributed by atoms with Gasteiger partial charge >= 0.3 is 0 Å². The lowest BCUT2D eigenvalue weighted by atomic mass is 9.79. The van der Waals surface area contributed by atoms with Crippen LogP contribution in [0.3, 0.4) is 0 Å². The maximum atomic E-state index is 12.8. The quantitative estimate of drug-likeness (QED) is 0.773. The molecule has 28 heavy (non-hydrogen) atoms. The summed E-state index contributed by atoms with van der Waals surface area (Å²) < 4.78 is 0. The van der Waals surface area contributed by atoms with Crippen molar-refractivity contribution in [3.8, 4) is 0 Å². The molecule has 3 aliphatic rings. The van der Waals surface area contributed by atoms with E-state index in [1.54, 1.807) is 11.8 Å². The third-order valence-electron chi connectivity index (χ3n) is 5.66. The summed E-state index contributed by atoms with van der Waals surface area (Å²) >= 11 is 3.08. The zero-order valence-corrected chi connectivity index (χ0v) is 17.7. The summed E-state index contributed by atoms with van der Waals surface area (Å²) in [6.45, 7) is 6.05. The van der Waals surface area contributed by atoms with Gasteiger partial charge in [-0.05, 0) is 63.0 Å². The molecule has 7 heteroatoms. The predicted octanol–water partition coefficient (Wildman–Crippen LogP) is 4.07. The highest BCUT2D eigenvalue weighted by Crippen LogP contribution is 2.34. The molecule has 2 N–H and O–H groups in total. The molecule has 3 saturated heterocycles. The molecule has 3 fully saturated rings. The van der Waals surface area contributed by atoms with Gasteiger partial charge in [0.15, 0.2) is 0 Å². The first-order chi connectivity index (χ1) is 13.5. The summed E-state index contributed by atoms with van der Waals surface area (Å²) in [5.74, 6) is 0.558. The van der Waals surface area contributed by atoms with Crippen LogP contribution in [0, 0.1) is 5.92 Å². The molecule has 1 aromatic heterocycles. The van der Waals surface area contributed by atoms with Gasteiger partial charge in [-0.25, -0.2) is 0 Å². The number of anilines is 1. The second-order valence-corrected chi connectivity index (χ2v) is 9.63. The van der Waals surface area contributed by atoms with Gasteiger partial charge < -0.3 is 10.6 Å². The Morgan fingerprint density at radius 1 is 1.18 bits per heavy atom. The molecule has 5 nitrogen and oxygen atoms in total. The Kier molecular flexibility index (Phi) is 5.75. The maximum absolute atomic E-state index is 12.8. The van der Waals surface area contributed by atoms with Gasteiger partial charge in [0.2, 0.25) is 5.91 Å². The van der Waals surface area contributed by atoms with Crippen molar-refractivity contribution in [1.29, 1.82) is 0 Å². The zero-order chi connectivity index (χ0) is 19.7. The lowest BCUT2D eigenvalue weighted by Gasteiger charge is -2.49. The molecule has 4 heterocycles. The normalized spacial score (nSPS) is 26.1. The molecule has 0 aliphatic carbocycles. The Morgan fingerprint density at radius 3 is 2.68 bits per heavy atom. The molecule has 1 aromatic carbocycles. The molecule has 148 valence electrons. The number of piperidine rings is 3. The molecule has 0 radical (unpaired) electrons. The minimum atomic E-state index is -0.0846. The second kappa shape index (κ2) is 8.27. The van der Waals surface area contributed by atoms with E-state index in [-0.39, 0.29) is 17.9 Å². The van der Waals surface area contributed by atoms with Crippen LogP contribution in [0.2, 0.25) is 0 Å². The number of hydrogen-bond donors (Lipinski definition) is 2. The van der Waals surface area contributed by atoms with Crippen LogP contribution >= 0.6 is 23.1 Å². The van der Waals surface area contributed by atoms with Crippen LogP contribution in [0.25, 0.3) is 0 Å². The van der Waals surface area contributed by atoms with Gasteiger partial charge in [0.1, 0.15) is 0 Å². The monoisotopic (exact) mass is 415 g/mol. The number of nitrogens with one attached hydrogen (secondary N) is 2. The van der Waals surface area contributed by atoms with Gasteiger partial charge in [0.25, 0.3) is 5.91 Å². The van der Waals surface area contributed by atoms with Crippen molar-refractivity contribution >= 4 is 40.6 Å². The Morgan fingerprint density at radius 2 is 1.96 bits per heavy atom. The summed E-state index contributed by atoms with van der Waals surface area (Å²) in [4.78, 5) is 29.3. The minimum Gasteiger partial charge on any atom is -0.347 e. The lowest BCUT2D eigenvalue weighted by molar-refractivity contribution is -0.114. The largest absolute Gasteiger partial charge is 0.347 e. The van der Waals surface area contributed by atoms with Crippen molar-refractivity contribution in [3.63, 3.8) is 0 Å². The van der Waals surface area contributed by atoms with Crippen molar-refractivity contribution in [2.75, 3.05) is 18.4 Å². The van der Waals surface area contributed by atoms with Gasteiger partial charge in [-0.3, -0.25) is 14.5 Å². The Bertz CT molecular complexity index is 872. The number of fused-ring (bicyclic) bond motifs is 3. The fourth-order valence-corrected chi connectivity index (χ4v) is 6.10. The average molecular weight is 416 g/mol. The first-order valence-electron chi connectivity index (χ1n) is 9.68. The molecule has 0 saturated carbocycles. The molecule has 2 bridgehead atoms. The summed E-state index contributed by atoms with van der Waals surface area (Å²) in [6, 6.07) is 10.4. The van der Waals surface area contributed by atoms with E-state index in [4.69, 9.17) is 0 Å². The zero-order valence-electron chi connectivity index (χ0n) is 16.1. The van der Waals surface area contributed by atoms with Gasteiger partial charge in [-0.1, -0.05) is 17.8 Å². The molecule has 5 rings (SSSR count). The van der Waals surface area contributed by atoms with E-state index in [1.807, 2.05) is 35.7 Å². The summed E-state index contributed by atoms with van der Waals surface area (Å²) in [5, 5.41) is 8.12. The van der Waals surface area contributed by atoms with Gasteiger partial charge in [0, 0.05) is 39.9 Å². The highest BCUT2D eigenvalue weighted by molar-refractivity contribution is 7.99. The van der Waals surface area contributed by atoms with Crippen molar-refractivity contribution in [3.05, 3.63) is 40.6 Å². The van der Waals surface area contributed by atoms with Crippen LogP contribution < -0.4 is 10.6 Å². The van der Waals surface area contributed by atoms with Gasteiger partial charge in [0.05, 0.1) is 4.88 Å². The van der Waals surface area contributed by atoms with Crippen LogP contribution in [-0.2, 0) is 4.79 Å². The van der Waals surface area contributed by atoms with Crippen molar-refractivity contribution in [1.82, 2.24) is 10.2 Å². The highest BCUT2D eigenvalue weighted by atomic mass is 32.2. The van der Waals surface area contributed by atoms with E-state index in [0.717, 1.165) is 33.4 Å². The standard InChI is InChI=1S/C21H25N3O2S2/c1-13-20(15-6-8-24(13)9-7-15)23-21(26)19-11-18(12-27-19)28-17-5-3-4-16(10-17)22-14(2)25/h3-5,10-13,15,20H,6-9H2,1-2H3,(H,22,25)(H,23,26)/t13-,20-/m0/s1. The Labute approximate surface area is 173 Å². The topological polar surface area (TPSA) is 61.4 Å². The van der Waals surface area contributed by atoms with E-state index in [1.165, 1.54) is 31.1 Å². The van der Waals surface area contributed by atoms with Crippen LogP contribution in [0.1, 0.15) is 36.4 Å². The van der Waals surface area contributed by atoms with E-state index in [9.17, 15) is 9.59 Å². The number of carbonyl (C=O) groups excluding carboxylic acids is 2. The summed E-state index contributed by atoms with van der Waals surface area (Å²) in [6.07, 6.45) is 2.37. The molecular weight excluding hydrogens is 390 g/mol. The summed E-state index contributed by atoms with van der Waals surface area (Å²) in [5.41, 5.74) is 0.780. The summed E-state index contributed by atoms with van der Waals surface area (Å²) in [7, 11) is 0. The van der Waals surface area contributed by atoms with Crippen LogP contribution in [0.15, 0.2) is 45.5 Å². The Hall–Kier alpha value is -1.83. The third-order valence-corrected chi connectivity index (χ3v) is 7.70. The molecule has 2 amide bonds. The molecule has 3 aliphatic heterocycles. The molecule has 2 atom stereocenters. The first-order valence-corrected chi connectivity index (χ1v) is 11.4. The number of nitrogens with zero attached hydrogens (tertiary/aromatic N) is 1. The minimum absolute atomic E-state index is 0.0365. The third kappa shape index (κ3) is 4.26. The van der Waals surface area contributed by atoms with E-state index >= 15 is 0 Å². The second-order valence-electron chi connectivity index (χ2n) is 7.57. The lowest BCUT2D eigenvalue weighted by Crippen LogP contribution is -2.62. The molecule has 2 aromatic rings. The van der Waals surface area contributed by atoms with Crippen molar-refractivity contribution in [2.24, 2.45) is 5.92 Å². The van der Waals surface area contributed by atoms with Gasteiger partial charge in [-0.15, -0.1) is 11.3 Å². The fourth-order valence-electron chi connectivity index (χ4n) is 4.24.